The lowest BCUT2D eigenvalue weighted by atomic mass is 9.72. The Kier molecular flexibility index (Phi) is 8.04. The molecule has 12 nitrogen and oxygen atoms in total. The number of hydrogen-bond donors (Lipinski definition) is 5. The van der Waals surface area contributed by atoms with Crippen LogP contribution in [0, 0.1) is 11.8 Å². The van der Waals surface area contributed by atoms with Crippen molar-refractivity contribution in [1.29, 1.82) is 0 Å². The number of methoxy groups -OCH3 is 1. The normalized spacial score (nSPS) is 23.6. The zero-order chi connectivity index (χ0) is 32.0. The van der Waals surface area contributed by atoms with Gasteiger partial charge in [0, 0.05) is 31.3 Å². The van der Waals surface area contributed by atoms with E-state index in [1.807, 2.05) is 56.3 Å². The fraction of sp³-hybridized carbons (Fsp3) is 0.455. The molecule has 3 aromatic rings. The van der Waals surface area contributed by atoms with Crippen LogP contribution in [0.2, 0.25) is 0 Å². The molecule has 45 heavy (non-hydrogen) atoms. The highest BCUT2D eigenvalue weighted by Crippen LogP contribution is 2.58. The number of benzene rings is 2. The molecule has 6 rings (SSSR count). The molecule has 0 saturated heterocycles. The number of amides is 3. The zero-order valence-electron chi connectivity index (χ0n) is 26.0. The van der Waals surface area contributed by atoms with Crippen LogP contribution in [0.3, 0.4) is 0 Å². The second kappa shape index (κ2) is 11.8. The Hall–Kier alpha value is -4.42. The number of oxazole rings is 1. The maximum atomic E-state index is 13.9. The van der Waals surface area contributed by atoms with E-state index >= 15 is 0 Å². The van der Waals surface area contributed by atoms with E-state index in [0.29, 0.717) is 18.1 Å². The summed E-state index contributed by atoms with van der Waals surface area (Å²) in [6, 6.07) is 11.6. The largest absolute Gasteiger partial charge is 0.469 e. The molecule has 4 bridgehead atoms. The number of carbonyl (C=O) groups excluding carboxylic acids is 3. The van der Waals surface area contributed by atoms with Gasteiger partial charge in [-0.05, 0) is 35.1 Å². The summed E-state index contributed by atoms with van der Waals surface area (Å²) in [5.41, 5.74) is 2.15. The van der Waals surface area contributed by atoms with Crippen LogP contribution in [-0.4, -0.2) is 66.4 Å². The summed E-state index contributed by atoms with van der Waals surface area (Å²) in [4.78, 5) is 45.4. The number of nitrogens with one attached hydrogen (secondary N) is 4. The molecule has 1 spiro atoms. The fourth-order valence-corrected chi connectivity index (χ4v) is 6.37. The second-order valence-corrected chi connectivity index (χ2v) is 12.5. The Morgan fingerprint density at radius 3 is 2.64 bits per heavy atom. The van der Waals surface area contributed by atoms with Crippen LogP contribution in [0.1, 0.15) is 72.6 Å². The lowest BCUT2D eigenvalue weighted by Crippen LogP contribution is -2.52. The van der Waals surface area contributed by atoms with Crippen LogP contribution in [0.5, 0.6) is 5.75 Å². The number of rotatable bonds is 8. The molecule has 4 heterocycles. The van der Waals surface area contributed by atoms with E-state index in [1.165, 1.54) is 0 Å². The van der Waals surface area contributed by atoms with Gasteiger partial charge in [-0.25, -0.2) is 4.98 Å². The molecule has 0 saturated carbocycles. The predicted molar refractivity (Wildman–Crippen MR) is 164 cm³/mol. The number of anilines is 1. The van der Waals surface area contributed by atoms with Crippen LogP contribution < -0.4 is 26.0 Å². The highest BCUT2D eigenvalue weighted by Gasteiger charge is 2.61. The van der Waals surface area contributed by atoms with Crippen molar-refractivity contribution in [2.24, 2.45) is 11.8 Å². The van der Waals surface area contributed by atoms with Gasteiger partial charge in [0.2, 0.25) is 17.7 Å². The van der Waals surface area contributed by atoms with E-state index in [9.17, 15) is 19.5 Å². The number of fused-ring (bicyclic) bond motifs is 4. The number of aromatic nitrogens is 1. The van der Waals surface area contributed by atoms with Gasteiger partial charge in [0.05, 0.1) is 6.61 Å². The average Bonchev–Trinajstić information content (AvgIpc) is 3.67. The molecule has 3 unspecified atom stereocenters. The van der Waals surface area contributed by atoms with Gasteiger partial charge in [0.25, 0.3) is 5.91 Å². The summed E-state index contributed by atoms with van der Waals surface area (Å²) in [7, 11) is 1.55. The number of ether oxygens (including phenoxy) is 2. The first-order valence-corrected chi connectivity index (χ1v) is 15.3. The molecule has 3 aliphatic rings. The highest BCUT2D eigenvalue weighted by atomic mass is 16.5. The molecule has 12 heteroatoms. The molecular weight excluding hydrogens is 578 g/mol. The lowest BCUT2D eigenvalue weighted by Gasteiger charge is -2.29. The third kappa shape index (κ3) is 5.11. The lowest BCUT2D eigenvalue weighted by molar-refractivity contribution is -0.135. The van der Waals surface area contributed by atoms with E-state index in [4.69, 9.17) is 18.9 Å². The van der Waals surface area contributed by atoms with E-state index in [-0.39, 0.29) is 36.4 Å². The van der Waals surface area contributed by atoms with E-state index < -0.39 is 47.6 Å². The van der Waals surface area contributed by atoms with Crippen molar-refractivity contribution in [3.05, 3.63) is 76.5 Å². The molecule has 0 fully saturated rings. The quantitative estimate of drug-likeness (QED) is 0.239. The number of aliphatic hydroxyl groups excluding tert-OH is 1. The van der Waals surface area contributed by atoms with Gasteiger partial charge < -0.3 is 40.3 Å². The second-order valence-electron chi connectivity index (χ2n) is 12.5. The van der Waals surface area contributed by atoms with Crippen molar-refractivity contribution in [1.82, 2.24) is 20.9 Å². The van der Waals surface area contributed by atoms with Gasteiger partial charge in [0.1, 0.15) is 29.4 Å². The summed E-state index contributed by atoms with van der Waals surface area (Å²) >= 11 is 0. The average molecular weight is 618 g/mol. The Morgan fingerprint density at radius 2 is 1.91 bits per heavy atom. The Balaban J connectivity index is 1.57. The first-order valence-electron chi connectivity index (χ1n) is 15.3. The number of hydrogen-bond acceptors (Lipinski definition) is 9. The fourth-order valence-electron chi connectivity index (χ4n) is 6.37. The number of carbonyl (C=O) groups is 3. The number of nitrogens with zero attached hydrogens (tertiary/aromatic N) is 1. The van der Waals surface area contributed by atoms with Gasteiger partial charge >= 0.3 is 0 Å². The molecule has 238 valence electrons. The summed E-state index contributed by atoms with van der Waals surface area (Å²) < 4.78 is 18.3. The van der Waals surface area contributed by atoms with Gasteiger partial charge in [0.15, 0.2) is 17.7 Å². The van der Waals surface area contributed by atoms with Gasteiger partial charge in [-0.2, -0.15) is 0 Å². The zero-order valence-corrected chi connectivity index (χ0v) is 26.0. The van der Waals surface area contributed by atoms with E-state index in [2.05, 4.69) is 21.3 Å². The van der Waals surface area contributed by atoms with Crippen LogP contribution >= 0.6 is 0 Å². The Bertz CT molecular complexity index is 1640. The van der Waals surface area contributed by atoms with Crippen molar-refractivity contribution in [2.45, 2.75) is 63.9 Å². The smallest absolute Gasteiger partial charge is 0.273 e. The molecule has 5 atom stereocenters. The Morgan fingerprint density at radius 1 is 1.13 bits per heavy atom. The molecule has 3 aliphatic heterocycles. The minimum absolute atomic E-state index is 0.0792. The van der Waals surface area contributed by atoms with Gasteiger partial charge in [-0.15, -0.1) is 0 Å². The van der Waals surface area contributed by atoms with Crippen LogP contribution in [0.25, 0.3) is 0 Å². The van der Waals surface area contributed by atoms with Crippen molar-refractivity contribution in [3.63, 3.8) is 0 Å². The van der Waals surface area contributed by atoms with Crippen LogP contribution in [0.15, 0.2) is 46.9 Å². The molecule has 3 amide bonds. The monoisotopic (exact) mass is 617 g/mol. The van der Waals surface area contributed by atoms with E-state index in [0.717, 1.165) is 22.4 Å². The molecule has 0 radical (unpaired) electrons. The van der Waals surface area contributed by atoms with Gasteiger partial charge in [-0.3, -0.25) is 14.4 Å². The summed E-state index contributed by atoms with van der Waals surface area (Å²) in [5, 5.41) is 22.6. The highest BCUT2D eigenvalue weighted by molar-refractivity contribution is 5.95. The van der Waals surface area contributed by atoms with E-state index in [1.54, 1.807) is 21.0 Å². The third-order valence-corrected chi connectivity index (χ3v) is 8.76. The molecule has 0 aliphatic carbocycles. The standard InChI is InChI=1S/C33H39N5O7/c1-16(2)24-31-38-25(29(41)34-12-13-43-5)27(45-31)33-19-8-6-7-9-21(19)36-32(33)44-23-11-10-18(14-20(23)33)15-22(28(40)37-24)35-30(42)26(39)17(3)4/h6-11,14,16-17,22,24,26,32,36,39H,12-13,15H2,1-5H3,(H,34,41)(H,35,42)(H,37,40)/t22-,24-,26?,32?,33?/m0/s1. The first kappa shape index (κ1) is 30.6. The number of para-hydroxylation sites is 1. The SMILES string of the molecule is COCCNC(=O)c1nc2oc1C13c4ccccc4NC1Oc1ccc(cc13)C[C@H](NC(=O)C(O)C(C)C)C(=O)N[C@H]2C(C)C. The first-order chi connectivity index (χ1) is 21.6. The maximum absolute atomic E-state index is 13.9. The summed E-state index contributed by atoms with van der Waals surface area (Å²) in [6.07, 6.45) is -1.79. The van der Waals surface area contributed by atoms with Gasteiger partial charge in [-0.1, -0.05) is 58.0 Å². The van der Waals surface area contributed by atoms with Crippen molar-refractivity contribution in [2.75, 3.05) is 25.6 Å². The van der Waals surface area contributed by atoms with Crippen molar-refractivity contribution in [3.8, 4) is 5.75 Å². The minimum atomic E-state index is -1.29. The van der Waals surface area contributed by atoms with Crippen LogP contribution in [0.4, 0.5) is 5.69 Å². The molecule has 2 aromatic carbocycles. The summed E-state index contributed by atoms with van der Waals surface area (Å²) in [6.45, 7) is 7.83. The Labute approximate surface area is 261 Å². The minimum Gasteiger partial charge on any atom is -0.469 e. The third-order valence-electron chi connectivity index (χ3n) is 8.76. The number of aliphatic hydroxyl groups is 1. The van der Waals surface area contributed by atoms with Crippen molar-refractivity contribution < 1.29 is 33.4 Å². The molecule has 5 N–H and O–H groups in total. The maximum Gasteiger partial charge on any atom is 0.273 e. The van der Waals surface area contributed by atoms with Crippen LogP contribution in [-0.2, 0) is 26.2 Å². The molecule has 1 aromatic heterocycles. The molecular formula is C33H39N5O7. The topological polar surface area (TPSA) is 164 Å². The predicted octanol–water partition coefficient (Wildman–Crippen LogP) is 2.40. The summed E-state index contributed by atoms with van der Waals surface area (Å²) in [5.74, 6) is -1.06. The van der Waals surface area contributed by atoms with Crippen molar-refractivity contribution >= 4 is 23.4 Å².